The molecule has 3 aromatic heterocycles. The van der Waals surface area contributed by atoms with Crippen LogP contribution in [0.5, 0.6) is 0 Å². The van der Waals surface area contributed by atoms with Gasteiger partial charge in [0.15, 0.2) is 0 Å². The maximum atomic E-state index is 10.5. The van der Waals surface area contributed by atoms with E-state index in [4.69, 9.17) is 0 Å². The summed E-state index contributed by atoms with van der Waals surface area (Å²) < 4.78 is 0. The van der Waals surface area contributed by atoms with Crippen LogP contribution in [0.3, 0.4) is 0 Å². The summed E-state index contributed by atoms with van der Waals surface area (Å²) >= 11 is 0. The van der Waals surface area contributed by atoms with E-state index in [1.54, 1.807) is 0 Å². The maximum Gasteiger partial charge on any atom is 0.0590 e. The molecule has 3 aromatic carbocycles. The summed E-state index contributed by atoms with van der Waals surface area (Å²) in [6.07, 6.45) is 6.29. The number of benzene rings is 3. The number of hydrogen-bond acceptors (Lipinski definition) is 8. The molecule has 0 aliphatic rings. The summed E-state index contributed by atoms with van der Waals surface area (Å²) in [5, 5.41) is 17.6. The second kappa shape index (κ2) is 20.8. The average molecular weight is 706 g/mol. The van der Waals surface area contributed by atoms with Crippen molar-refractivity contribution in [3.05, 3.63) is 186 Å². The van der Waals surface area contributed by atoms with Gasteiger partial charge in [-0.15, -0.1) is 0 Å². The van der Waals surface area contributed by atoms with Gasteiger partial charge in [0.2, 0.25) is 0 Å². The first-order chi connectivity index (χ1) is 26.2. The topological polar surface area (TPSA) is 89.4 Å². The third-order valence-electron chi connectivity index (χ3n) is 9.44. The van der Waals surface area contributed by atoms with Crippen LogP contribution in [0.2, 0.25) is 0 Å². The highest BCUT2D eigenvalue weighted by Crippen LogP contribution is 2.23. The highest BCUT2D eigenvalue weighted by atomic mass is 16.3. The molecule has 0 saturated heterocycles. The van der Waals surface area contributed by atoms with Crippen LogP contribution in [0.25, 0.3) is 11.1 Å². The first-order valence-corrected chi connectivity index (χ1v) is 18.6. The number of rotatable bonds is 21. The van der Waals surface area contributed by atoms with Gasteiger partial charge in [0.05, 0.1) is 23.7 Å². The summed E-state index contributed by atoms with van der Waals surface area (Å²) in [6.45, 7) is 7.48. The Bertz CT molecular complexity index is 1810. The molecule has 3 heterocycles. The standard InChI is InChI=1S/C45H51N7O/c53-36-45(30-37-10-2-1-3-11-37)52(35-44-14-6-9-25-50-44)34-39-17-21-41(22-18-39)40-19-15-38(16-20-40)33-51(28-26-46-31-42-12-4-7-23-48-42)29-27-47-32-43-13-5-8-24-49-43/h1-25,45-47,53H,26-36H2. The predicted octanol–water partition coefficient (Wildman–Crippen LogP) is 6.53. The first kappa shape index (κ1) is 37.7. The van der Waals surface area contributed by atoms with Crippen LogP contribution < -0.4 is 10.6 Å². The number of pyridine rings is 3. The summed E-state index contributed by atoms with van der Waals surface area (Å²) in [5.74, 6) is 0. The van der Waals surface area contributed by atoms with Crippen LogP contribution >= 0.6 is 0 Å². The predicted molar refractivity (Wildman–Crippen MR) is 214 cm³/mol. The minimum absolute atomic E-state index is 0.0282. The molecule has 0 aliphatic carbocycles. The lowest BCUT2D eigenvalue weighted by molar-refractivity contribution is 0.108. The summed E-state index contributed by atoms with van der Waals surface area (Å²) in [4.78, 5) is 18.3. The van der Waals surface area contributed by atoms with Crippen molar-refractivity contribution in [3.63, 3.8) is 0 Å². The van der Waals surface area contributed by atoms with Gasteiger partial charge >= 0.3 is 0 Å². The van der Waals surface area contributed by atoms with E-state index in [1.165, 1.54) is 27.8 Å². The fourth-order valence-electron chi connectivity index (χ4n) is 6.49. The number of aliphatic hydroxyl groups is 1. The number of hydrogen-bond donors (Lipinski definition) is 3. The van der Waals surface area contributed by atoms with Crippen molar-refractivity contribution in [3.8, 4) is 11.1 Å². The molecule has 0 spiro atoms. The Labute approximate surface area is 314 Å². The highest BCUT2D eigenvalue weighted by molar-refractivity contribution is 5.64. The van der Waals surface area contributed by atoms with Gasteiger partial charge in [-0.1, -0.05) is 97.1 Å². The Morgan fingerprint density at radius 2 is 0.981 bits per heavy atom. The molecule has 0 saturated carbocycles. The van der Waals surface area contributed by atoms with Crippen molar-refractivity contribution in [2.24, 2.45) is 0 Å². The van der Waals surface area contributed by atoms with Crippen LogP contribution in [0.15, 0.2) is 152 Å². The van der Waals surface area contributed by atoms with E-state index >= 15 is 0 Å². The molecule has 6 aromatic rings. The third kappa shape index (κ3) is 12.5. The summed E-state index contributed by atoms with van der Waals surface area (Å²) in [6, 6.07) is 46.3. The second-order valence-corrected chi connectivity index (χ2v) is 13.4. The van der Waals surface area contributed by atoms with Crippen molar-refractivity contribution < 1.29 is 5.11 Å². The van der Waals surface area contributed by atoms with E-state index < -0.39 is 0 Å². The van der Waals surface area contributed by atoms with Gasteiger partial charge < -0.3 is 15.7 Å². The van der Waals surface area contributed by atoms with E-state index in [9.17, 15) is 5.11 Å². The largest absolute Gasteiger partial charge is 0.395 e. The lowest BCUT2D eigenvalue weighted by atomic mass is 10.0. The molecule has 0 amide bonds. The second-order valence-electron chi connectivity index (χ2n) is 13.4. The molecule has 0 aliphatic heterocycles. The van der Waals surface area contributed by atoms with E-state index in [2.05, 4.69) is 126 Å². The Balaban J connectivity index is 1.06. The zero-order valence-electron chi connectivity index (χ0n) is 30.5. The molecular formula is C45H51N7O. The Kier molecular flexibility index (Phi) is 14.8. The van der Waals surface area contributed by atoms with Crippen LogP contribution in [0.1, 0.15) is 33.8 Å². The van der Waals surface area contributed by atoms with Crippen LogP contribution in [0, 0.1) is 0 Å². The van der Waals surface area contributed by atoms with Gasteiger partial charge in [0.25, 0.3) is 0 Å². The quantitative estimate of drug-likeness (QED) is 0.0730. The Morgan fingerprint density at radius 3 is 1.47 bits per heavy atom. The molecule has 0 bridgehead atoms. The van der Waals surface area contributed by atoms with Gasteiger partial charge in [0, 0.05) is 83.5 Å². The molecule has 0 fully saturated rings. The summed E-state index contributed by atoms with van der Waals surface area (Å²) in [7, 11) is 0. The Morgan fingerprint density at radius 1 is 0.491 bits per heavy atom. The zero-order valence-corrected chi connectivity index (χ0v) is 30.5. The van der Waals surface area contributed by atoms with Gasteiger partial charge in [-0.25, -0.2) is 0 Å². The monoisotopic (exact) mass is 705 g/mol. The third-order valence-corrected chi connectivity index (χ3v) is 9.44. The van der Waals surface area contributed by atoms with Crippen molar-refractivity contribution >= 4 is 0 Å². The van der Waals surface area contributed by atoms with Gasteiger partial charge in [0.1, 0.15) is 0 Å². The molecule has 1 atom stereocenters. The lowest BCUT2D eigenvalue weighted by Gasteiger charge is -2.30. The van der Waals surface area contributed by atoms with E-state index in [-0.39, 0.29) is 12.6 Å². The molecule has 272 valence electrons. The van der Waals surface area contributed by atoms with E-state index in [0.29, 0.717) is 6.54 Å². The highest BCUT2D eigenvalue weighted by Gasteiger charge is 2.20. The van der Waals surface area contributed by atoms with E-state index in [0.717, 1.165) is 75.9 Å². The number of aromatic nitrogens is 3. The maximum absolute atomic E-state index is 10.5. The fraction of sp³-hybridized carbons (Fsp3) is 0.267. The van der Waals surface area contributed by atoms with Gasteiger partial charge in [-0.2, -0.15) is 0 Å². The van der Waals surface area contributed by atoms with Crippen molar-refractivity contribution in [2.75, 3.05) is 32.8 Å². The molecule has 8 nitrogen and oxygen atoms in total. The number of nitrogens with one attached hydrogen (secondary N) is 2. The SMILES string of the molecule is OCC(Cc1ccccc1)N(Cc1ccc(-c2ccc(CN(CCNCc3ccccn3)CCNCc3ccccn3)cc2)cc1)Cc1ccccn1. The van der Waals surface area contributed by atoms with Crippen molar-refractivity contribution in [1.29, 1.82) is 0 Å². The minimum Gasteiger partial charge on any atom is -0.395 e. The van der Waals surface area contributed by atoms with Crippen LogP contribution in [-0.4, -0.2) is 68.7 Å². The van der Waals surface area contributed by atoms with E-state index in [1.807, 2.05) is 61.1 Å². The molecular weight excluding hydrogens is 655 g/mol. The zero-order chi connectivity index (χ0) is 36.3. The lowest BCUT2D eigenvalue weighted by Crippen LogP contribution is -2.39. The molecule has 1 unspecified atom stereocenters. The molecule has 53 heavy (non-hydrogen) atoms. The Hall–Kier alpha value is -5.09. The normalized spacial score (nSPS) is 12.0. The minimum atomic E-state index is -0.0282. The molecule has 6 rings (SSSR count). The first-order valence-electron chi connectivity index (χ1n) is 18.6. The smallest absolute Gasteiger partial charge is 0.0590 e. The number of aliphatic hydroxyl groups excluding tert-OH is 1. The molecule has 8 heteroatoms. The van der Waals surface area contributed by atoms with Crippen LogP contribution in [-0.2, 0) is 39.1 Å². The van der Waals surface area contributed by atoms with Crippen molar-refractivity contribution in [1.82, 2.24) is 35.4 Å². The van der Waals surface area contributed by atoms with Crippen LogP contribution in [0.4, 0.5) is 0 Å². The fourth-order valence-corrected chi connectivity index (χ4v) is 6.49. The van der Waals surface area contributed by atoms with Gasteiger partial charge in [-0.05, 0) is 70.6 Å². The molecule has 0 radical (unpaired) electrons. The van der Waals surface area contributed by atoms with Gasteiger partial charge in [-0.3, -0.25) is 24.8 Å². The molecule has 3 N–H and O–H groups in total. The number of nitrogens with zero attached hydrogens (tertiary/aromatic N) is 5. The average Bonchev–Trinajstić information content (AvgIpc) is 3.22. The summed E-state index contributed by atoms with van der Waals surface area (Å²) in [5.41, 5.74) is 9.20. The van der Waals surface area contributed by atoms with Crippen molar-refractivity contribution in [2.45, 2.75) is 45.2 Å².